The summed E-state index contributed by atoms with van der Waals surface area (Å²) < 4.78 is 0. The van der Waals surface area contributed by atoms with E-state index in [2.05, 4.69) is 11.9 Å². The molecule has 3 heteroatoms. The van der Waals surface area contributed by atoms with Crippen LogP contribution in [0.5, 0.6) is 0 Å². The highest BCUT2D eigenvalue weighted by molar-refractivity contribution is 4.83. The Morgan fingerprint density at radius 2 is 2.00 bits per heavy atom. The molecule has 0 spiro atoms. The van der Waals surface area contributed by atoms with Gasteiger partial charge in [-0.15, -0.1) is 0 Å². The number of aliphatic hydroxyl groups excluding tert-OH is 1. The van der Waals surface area contributed by atoms with Crippen LogP contribution in [0.1, 0.15) is 45.4 Å². The van der Waals surface area contributed by atoms with Gasteiger partial charge in [0.25, 0.3) is 0 Å². The monoisotopic (exact) mass is 214 g/mol. The third-order valence-corrected chi connectivity index (χ3v) is 3.50. The van der Waals surface area contributed by atoms with Crippen molar-refractivity contribution < 1.29 is 5.11 Å². The highest BCUT2D eigenvalue weighted by atomic mass is 16.3. The van der Waals surface area contributed by atoms with Gasteiger partial charge in [0.1, 0.15) is 0 Å². The van der Waals surface area contributed by atoms with E-state index in [9.17, 15) is 5.11 Å². The molecule has 3 nitrogen and oxygen atoms in total. The lowest BCUT2D eigenvalue weighted by molar-refractivity contribution is 0.138. The van der Waals surface area contributed by atoms with Gasteiger partial charge >= 0.3 is 0 Å². The number of likely N-dealkylation sites (N-methyl/N-ethyl adjacent to an activating group) is 1. The molecule has 15 heavy (non-hydrogen) atoms. The number of aliphatic hydroxyl groups is 1. The Bertz CT molecular complexity index is 173. The molecule has 1 aliphatic rings. The zero-order chi connectivity index (χ0) is 11.3. The second kappa shape index (κ2) is 6.46. The van der Waals surface area contributed by atoms with Gasteiger partial charge in [-0.3, -0.25) is 0 Å². The first kappa shape index (κ1) is 12.9. The first-order valence-electron chi connectivity index (χ1n) is 6.25. The van der Waals surface area contributed by atoms with Crippen LogP contribution in [0.2, 0.25) is 0 Å². The summed E-state index contributed by atoms with van der Waals surface area (Å²) in [5, 5.41) is 9.26. The van der Waals surface area contributed by atoms with Crippen LogP contribution in [0.15, 0.2) is 0 Å². The molecule has 3 N–H and O–H groups in total. The molecular formula is C12H26N2O. The fraction of sp³-hybridized carbons (Fsp3) is 1.00. The van der Waals surface area contributed by atoms with Crippen molar-refractivity contribution in [2.24, 2.45) is 5.73 Å². The Balaban J connectivity index is 2.37. The molecular weight excluding hydrogens is 188 g/mol. The van der Waals surface area contributed by atoms with Crippen LogP contribution in [0.3, 0.4) is 0 Å². The third-order valence-electron chi connectivity index (χ3n) is 3.50. The van der Waals surface area contributed by atoms with E-state index in [1.165, 1.54) is 25.7 Å². The zero-order valence-electron chi connectivity index (χ0n) is 10.2. The van der Waals surface area contributed by atoms with Gasteiger partial charge < -0.3 is 15.7 Å². The van der Waals surface area contributed by atoms with E-state index in [0.29, 0.717) is 12.1 Å². The molecule has 0 aromatic heterocycles. The number of rotatable bonds is 4. The lowest BCUT2D eigenvalue weighted by Gasteiger charge is -2.31. The largest absolute Gasteiger partial charge is 0.393 e. The summed E-state index contributed by atoms with van der Waals surface area (Å²) in [7, 11) is 2.14. The third kappa shape index (κ3) is 4.49. The van der Waals surface area contributed by atoms with E-state index in [-0.39, 0.29) is 6.10 Å². The van der Waals surface area contributed by atoms with Crippen LogP contribution in [0.25, 0.3) is 0 Å². The van der Waals surface area contributed by atoms with Gasteiger partial charge in [-0.05, 0) is 33.2 Å². The molecule has 0 heterocycles. The van der Waals surface area contributed by atoms with E-state index in [1.54, 1.807) is 0 Å². The zero-order valence-corrected chi connectivity index (χ0v) is 10.2. The molecule has 0 saturated heterocycles. The topological polar surface area (TPSA) is 49.5 Å². The van der Waals surface area contributed by atoms with Crippen molar-refractivity contribution in [3.8, 4) is 0 Å². The van der Waals surface area contributed by atoms with Gasteiger partial charge in [-0.1, -0.05) is 19.3 Å². The predicted molar refractivity (Wildman–Crippen MR) is 63.8 cm³/mol. The Labute approximate surface area is 93.6 Å². The number of nitrogens with two attached hydrogens (primary N) is 1. The maximum atomic E-state index is 9.26. The van der Waals surface area contributed by atoms with Crippen molar-refractivity contribution in [1.82, 2.24) is 4.90 Å². The maximum Gasteiger partial charge on any atom is 0.0524 e. The predicted octanol–water partition coefficient (Wildman–Crippen LogP) is 1.35. The van der Waals surface area contributed by atoms with E-state index < -0.39 is 0 Å². The fourth-order valence-corrected chi connectivity index (χ4v) is 2.42. The number of nitrogens with zero attached hydrogens (tertiary/aromatic N) is 1. The molecule has 90 valence electrons. The van der Waals surface area contributed by atoms with Gasteiger partial charge in [0.2, 0.25) is 0 Å². The highest BCUT2D eigenvalue weighted by Crippen LogP contribution is 2.20. The Morgan fingerprint density at radius 3 is 2.67 bits per heavy atom. The molecule has 0 aromatic rings. The standard InChI is InChI=1S/C12H26N2O/c1-10(15)8-9-14(2)12-7-5-3-4-6-11(12)13/h10-12,15H,3-9,13H2,1-2H3. The highest BCUT2D eigenvalue weighted by Gasteiger charge is 2.23. The van der Waals surface area contributed by atoms with Crippen molar-refractivity contribution in [3.63, 3.8) is 0 Å². The van der Waals surface area contributed by atoms with Gasteiger partial charge in [-0.2, -0.15) is 0 Å². The van der Waals surface area contributed by atoms with Crippen molar-refractivity contribution in [2.75, 3.05) is 13.6 Å². The maximum absolute atomic E-state index is 9.26. The normalized spacial score (nSPS) is 30.2. The lowest BCUT2D eigenvalue weighted by Crippen LogP contribution is -2.46. The molecule has 0 aromatic carbocycles. The molecule has 1 saturated carbocycles. The molecule has 3 atom stereocenters. The van der Waals surface area contributed by atoms with Crippen LogP contribution in [-0.4, -0.2) is 41.8 Å². The van der Waals surface area contributed by atoms with E-state index in [4.69, 9.17) is 5.73 Å². The van der Waals surface area contributed by atoms with Crippen molar-refractivity contribution >= 4 is 0 Å². The molecule has 1 aliphatic carbocycles. The fourth-order valence-electron chi connectivity index (χ4n) is 2.42. The van der Waals surface area contributed by atoms with Gasteiger partial charge in [-0.25, -0.2) is 0 Å². The van der Waals surface area contributed by atoms with Crippen LogP contribution < -0.4 is 5.73 Å². The van der Waals surface area contributed by atoms with Crippen molar-refractivity contribution in [1.29, 1.82) is 0 Å². The quantitative estimate of drug-likeness (QED) is 0.695. The first-order chi connectivity index (χ1) is 7.11. The smallest absolute Gasteiger partial charge is 0.0524 e. The number of hydrogen-bond acceptors (Lipinski definition) is 3. The van der Waals surface area contributed by atoms with E-state index in [0.717, 1.165) is 19.4 Å². The van der Waals surface area contributed by atoms with E-state index in [1.807, 2.05) is 6.92 Å². The molecule has 3 unspecified atom stereocenters. The lowest BCUT2D eigenvalue weighted by atomic mass is 10.0. The summed E-state index contributed by atoms with van der Waals surface area (Å²) in [6.07, 6.45) is 6.93. The summed E-state index contributed by atoms with van der Waals surface area (Å²) >= 11 is 0. The van der Waals surface area contributed by atoms with Crippen molar-refractivity contribution in [3.05, 3.63) is 0 Å². The van der Waals surface area contributed by atoms with Gasteiger partial charge in [0.15, 0.2) is 0 Å². The van der Waals surface area contributed by atoms with E-state index >= 15 is 0 Å². The second-order valence-electron chi connectivity index (χ2n) is 4.99. The minimum Gasteiger partial charge on any atom is -0.393 e. The SMILES string of the molecule is CC(O)CCN(C)C1CCCCCC1N. The summed E-state index contributed by atoms with van der Waals surface area (Å²) in [6, 6.07) is 0.845. The molecule has 0 aliphatic heterocycles. The minimum absolute atomic E-state index is 0.200. The summed E-state index contributed by atoms with van der Waals surface area (Å²) in [4.78, 5) is 2.34. The summed E-state index contributed by atoms with van der Waals surface area (Å²) in [6.45, 7) is 2.80. The average Bonchev–Trinajstić information content (AvgIpc) is 2.39. The summed E-state index contributed by atoms with van der Waals surface area (Å²) in [5.41, 5.74) is 6.18. The van der Waals surface area contributed by atoms with Crippen LogP contribution in [0.4, 0.5) is 0 Å². The van der Waals surface area contributed by atoms with Crippen LogP contribution in [-0.2, 0) is 0 Å². The molecule has 0 bridgehead atoms. The average molecular weight is 214 g/mol. The Hall–Kier alpha value is -0.120. The summed E-state index contributed by atoms with van der Waals surface area (Å²) in [5.74, 6) is 0. The van der Waals surface area contributed by atoms with Crippen molar-refractivity contribution in [2.45, 2.75) is 63.6 Å². The van der Waals surface area contributed by atoms with Gasteiger partial charge in [0.05, 0.1) is 6.10 Å². The number of hydrogen-bond donors (Lipinski definition) is 2. The molecule has 0 amide bonds. The molecule has 1 fully saturated rings. The molecule has 1 rings (SSSR count). The Kier molecular flexibility index (Phi) is 5.58. The van der Waals surface area contributed by atoms with Crippen LogP contribution in [0, 0.1) is 0 Å². The Morgan fingerprint density at radius 1 is 1.33 bits per heavy atom. The van der Waals surface area contributed by atoms with Gasteiger partial charge in [0, 0.05) is 18.6 Å². The minimum atomic E-state index is -0.200. The molecule has 0 radical (unpaired) electrons. The first-order valence-corrected chi connectivity index (χ1v) is 6.25. The van der Waals surface area contributed by atoms with Crippen LogP contribution >= 0.6 is 0 Å². The second-order valence-corrected chi connectivity index (χ2v) is 4.99.